The van der Waals surface area contributed by atoms with Crippen LogP contribution in [0.2, 0.25) is 13.1 Å². The number of fused-ring (bicyclic) bond motifs is 1. The fourth-order valence-corrected chi connectivity index (χ4v) is 3.46. The van der Waals surface area contributed by atoms with Crippen molar-refractivity contribution in [3.05, 3.63) is 34.9 Å². The predicted molar refractivity (Wildman–Crippen MR) is 81.5 cm³/mol. The summed E-state index contributed by atoms with van der Waals surface area (Å²) in [6, 6.07) is 6.36. The van der Waals surface area contributed by atoms with E-state index in [2.05, 4.69) is 52.1 Å². The van der Waals surface area contributed by atoms with E-state index in [1.807, 2.05) is 0 Å². The molecule has 0 fully saturated rings. The number of hydrogen-bond acceptors (Lipinski definition) is 2. The molecule has 0 radical (unpaired) electrons. The lowest BCUT2D eigenvalue weighted by atomic mass is 9.81. The van der Waals surface area contributed by atoms with Crippen LogP contribution in [0, 0.1) is 0 Å². The Balaban J connectivity index is 2.33. The van der Waals surface area contributed by atoms with Gasteiger partial charge in [0.2, 0.25) is 0 Å². The van der Waals surface area contributed by atoms with Gasteiger partial charge in [-0.15, -0.1) is 0 Å². The zero-order valence-corrected chi connectivity index (χ0v) is 13.8. The Morgan fingerprint density at radius 3 is 2.53 bits per heavy atom. The first kappa shape index (κ1) is 14.5. The van der Waals surface area contributed by atoms with Crippen molar-refractivity contribution in [3.63, 3.8) is 0 Å². The molecule has 0 saturated heterocycles. The third kappa shape index (κ3) is 3.15. The Hall–Kier alpha value is -0.933. The van der Waals surface area contributed by atoms with E-state index in [1.165, 1.54) is 11.1 Å². The summed E-state index contributed by atoms with van der Waals surface area (Å²) in [7, 11) is -1.16. The Labute approximate surface area is 117 Å². The van der Waals surface area contributed by atoms with Gasteiger partial charge in [-0.25, -0.2) is 0 Å². The van der Waals surface area contributed by atoms with Gasteiger partial charge >= 0.3 is 0 Å². The summed E-state index contributed by atoms with van der Waals surface area (Å²) >= 11 is 0. The summed E-state index contributed by atoms with van der Waals surface area (Å²) in [6.07, 6.45) is 1.60. The standard InChI is InChI=1S/C16H24O2Si/c1-16(2,3)12-8-6-11-7-9-14(18-19(4)5)15(17)13(11)10-12/h6,8,10,14,19H,7,9H2,1-5H3. The van der Waals surface area contributed by atoms with Crippen LogP contribution < -0.4 is 0 Å². The van der Waals surface area contributed by atoms with Crippen LogP contribution in [0.4, 0.5) is 0 Å². The number of carbonyl (C=O) groups is 1. The molecule has 2 nitrogen and oxygen atoms in total. The van der Waals surface area contributed by atoms with Crippen molar-refractivity contribution in [2.45, 2.75) is 58.2 Å². The third-order valence-electron chi connectivity index (χ3n) is 3.65. The number of aryl methyl sites for hydroxylation is 1. The number of ketones is 1. The number of Topliss-reactive ketones (excluding diaryl/α,β-unsaturated/α-hetero) is 1. The van der Waals surface area contributed by atoms with Crippen LogP contribution in [-0.4, -0.2) is 20.9 Å². The topological polar surface area (TPSA) is 26.3 Å². The van der Waals surface area contributed by atoms with Crippen LogP contribution >= 0.6 is 0 Å². The summed E-state index contributed by atoms with van der Waals surface area (Å²) in [6.45, 7) is 10.8. The Bertz CT molecular complexity index is 486. The Kier molecular flexibility index (Phi) is 3.97. The fourth-order valence-electron chi connectivity index (χ4n) is 2.54. The van der Waals surface area contributed by atoms with Gasteiger partial charge in [0, 0.05) is 5.56 Å². The molecule has 2 rings (SSSR count). The Morgan fingerprint density at radius 1 is 1.26 bits per heavy atom. The minimum Gasteiger partial charge on any atom is -0.410 e. The van der Waals surface area contributed by atoms with Gasteiger partial charge in [0.25, 0.3) is 0 Å². The monoisotopic (exact) mass is 276 g/mol. The van der Waals surface area contributed by atoms with E-state index in [4.69, 9.17) is 4.43 Å². The zero-order valence-electron chi connectivity index (χ0n) is 12.6. The number of rotatable bonds is 2. The molecule has 1 atom stereocenters. The van der Waals surface area contributed by atoms with Gasteiger partial charge in [0.05, 0.1) is 0 Å². The highest BCUT2D eigenvalue weighted by Crippen LogP contribution is 2.29. The fraction of sp³-hybridized carbons (Fsp3) is 0.562. The Morgan fingerprint density at radius 2 is 1.95 bits per heavy atom. The highest BCUT2D eigenvalue weighted by Gasteiger charge is 2.29. The van der Waals surface area contributed by atoms with Gasteiger partial charge in [-0.05, 0) is 48.5 Å². The van der Waals surface area contributed by atoms with Gasteiger partial charge in [-0.3, -0.25) is 4.79 Å². The molecule has 0 bridgehead atoms. The van der Waals surface area contributed by atoms with E-state index >= 15 is 0 Å². The molecule has 0 amide bonds. The van der Waals surface area contributed by atoms with Crippen molar-refractivity contribution in [3.8, 4) is 0 Å². The molecule has 1 aliphatic carbocycles. The second-order valence-electron chi connectivity index (χ2n) is 6.70. The lowest BCUT2D eigenvalue weighted by molar-refractivity contribution is 0.0760. The average Bonchev–Trinajstić information content (AvgIpc) is 2.31. The average molecular weight is 276 g/mol. The molecule has 0 spiro atoms. The maximum atomic E-state index is 12.5. The second kappa shape index (κ2) is 5.21. The van der Waals surface area contributed by atoms with Gasteiger partial charge in [-0.2, -0.15) is 0 Å². The predicted octanol–water partition coefficient (Wildman–Crippen LogP) is 3.48. The molecule has 0 aliphatic heterocycles. The molecule has 3 heteroatoms. The van der Waals surface area contributed by atoms with E-state index in [0.717, 1.165) is 18.4 Å². The second-order valence-corrected chi connectivity index (χ2v) is 9.07. The van der Waals surface area contributed by atoms with Gasteiger partial charge in [-0.1, -0.05) is 32.9 Å². The van der Waals surface area contributed by atoms with Gasteiger partial charge in [0.1, 0.15) is 6.10 Å². The molecular formula is C16H24O2Si. The largest absolute Gasteiger partial charge is 0.410 e. The first-order valence-electron chi connectivity index (χ1n) is 7.12. The molecule has 0 aromatic heterocycles. The maximum Gasteiger partial charge on any atom is 0.190 e. The van der Waals surface area contributed by atoms with Crippen LogP contribution in [0.25, 0.3) is 0 Å². The molecule has 104 valence electrons. The summed E-state index contributed by atoms with van der Waals surface area (Å²) in [5, 5.41) is 0. The van der Waals surface area contributed by atoms with E-state index in [0.29, 0.717) is 0 Å². The third-order valence-corrected chi connectivity index (χ3v) is 4.52. The molecule has 1 aliphatic rings. The summed E-state index contributed by atoms with van der Waals surface area (Å²) in [4.78, 5) is 12.5. The van der Waals surface area contributed by atoms with Gasteiger partial charge < -0.3 is 4.43 Å². The van der Waals surface area contributed by atoms with E-state index in [9.17, 15) is 4.79 Å². The lowest BCUT2D eigenvalue weighted by Crippen LogP contribution is -2.34. The molecule has 0 N–H and O–H groups in total. The first-order valence-corrected chi connectivity index (χ1v) is 9.90. The van der Waals surface area contributed by atoms with Crippen LogP contribution in [0.1, 0.15) is 48.7 Å². The summed E-state index contributed by atoms with van der Waals surface area (Å²) < 4.78 is 5.88. The highest BCUT2D eigenvalue weighted by molar-refractivity contribution is 6.48. The van der Waals surface area contributed by atoms with Crippen LogP contribution in [0.5, 0.6) is 0 Å². The normalized spacial score (nSPS) is 19.7. The minimum atomic E-state index is -1.16. The SMILES string of the molecule is C[SiH](C)OC1CCc2ccc(C(C)(C)C)cc2C1=O. The quantitative estimate of drug-likeness (QED) is 0.773. The maximum absolute atomic E-state index is 12.5. The molecule has 19 heavy (non-hydrogen) atoms. The smallest absolute Gasteiger partial charge is 0.190 e. The van der Waals surface area contributed by atoms with E-state index in [-0.39, 0.29) is 17.3 Å². The number of carbonyl (C=O) groups excluding carboxylic acids is 1. The minimum absolute atomic E-state index is 0.0793. The van der Waals surface area contributed by atoms with Crippen molar-refractivity contribution >= 4 is 14.8 Å². The zero-order chi connectivity index (χ0) is 14.2. The summed E-state index contributed by atoms with van der Waals surface area (Å²) in [5.74, 6) is 0.188. The van der Waals surface area contributed by atoms with E-state index < -0.39 is 9.04 Å². The summed E-state index contributed by atoms with van der Waals surface area (Å²) in [5.41, 5.74) is 3.37. The van der Waals surface area contributed by atoms with Crippen molar-refractivity contribution in [2.75, 3.05) is 0 Å². The molecule has 1 aromatic carbocycles. The number of benzene rings is 1. The molecule has 0 saturated carbocycles. The number of hydrogen-bond donors (Lipinski definition) is 0. The van der Waals surface area contributed by atoms with Crippen molar-refractivity contribution < 1.29 is 9.22 Å². The van der Waals surface area contributed by atoms with Crippen LogP contribution in [0.15, 0.2) is 18.2 Å². The first-order chi connectivity index (χ1) is 8.79. The highest BCUT2D eigenvalue weighted by atomic mass is 28.3. The van der Waals surface area contributed by atoms with Gasteiger partial charge in [0.15, 0.2) is 14.8 Å². The van der Waals surface area contributed by atoms with Crippen molar-refractivity contribution in [2.24, 2.45) is 0 Å². The van der Waals surface area contributed by atoms with Crippen molar-refractivity contribution in [1.29, 1.82) is 0 Å². The molecule has 1 unspecified atom stereocenters. The van der Waals surface area contributed by atoms with Crippen LogP contribution in [0.3, 0.4) is 0 Å². The van der Waals surface area contributed by atoms with E-state index in [1.54, 1.807) is 0 Å². The molecule has 1 aromatic rings. The lowest BCUT2D eigenvalue weighted by Gasteiger charge is -2.27. The van der Waals surface area contributed by atoms with Crippen molar-refractivity contribution in [1.82, 2.24) is 0 Å². The molecule has 0 heterocycles. The van der Waals surface area contributed by atoms with Crippen LogP contribution in [-0.2, 0) is 16.3 Å². The molecular weight excluding hydrogens is 252 g/mol.